The molecule has 0 saturated heterocycles. The van der Waals surface area contributed by atoms with Gasteiger partial charge in [-0.15, -0.1) is 0 Å². The molecule has 1 N–H and O–H groups in total. The third-order valence-electron chi connectivity index (χ3n) is 15.3. The normalized spacial score (nSPS) is 14.1. The fourth-order valence-corrected chi connectivity index (χ4v) is 10.6. The maximum Gasteiger partial charge on any atom is 0.306 e. The molecule has 0 saturated carbocycles. The number of carbonyl (C=O) groups is 2. The van der Waals surface area contributed by atoms with Crippen molar-refractivity contribution in [2.45, 2.75) is 328 Å². The molecule has 0 aliphatic carbocycles. The molecule has 0 aromatic rings. The molecule has 1 amide bonds. The van der Waals surface area contributed by atoms with Crippen LogP contribution in [-0.4, -0.2) is 69.4 Å². The number of ether oxygens (including phenoxy) is 1. The molecule has 0 bridgehead atoms. The van der Waals surface area contributed by atoms with E-state index in [1.54, 1.807) is 0 Å². The average molecular weight is 1180 g/mol. The van der Waals surface area contributed by atoms with Crippen LogP contribution in [0, 0.1) is 0 Å². The van der Waals surface area contributed by atoms with Gasteiger partial charge in [-0.2, -0.15) is 0 Å². The summed E-state index contributed by atoms with van der Waals surface area (Å²) < 4.78 is 30.4. The van der Waals surface area contributed by atoms with E-state index in [-0.39, 0.29) is 24.9 Å². The number of amides is 1. The minimum absolute atomic E-state index is 0.0268. The molecule has 0 heterocycles. The number of nitrogens with one attached hydrogen (secondary N) is 1. The Labute approximate surface area is 514 Å². The Morgan fingerprint density at radius 1 is 0.422 bits per heavy atom. The van der Waals surface area contributed by atoms with Crippen molar-refractivity contribution in [3.8, 4) is 0 Å². The topological polar surface area (TPSA) is 114 Å². The van der Waals surface area contributed by atoms with Crippen molar-refractivity contribution in [3.63, 3.8) is 0 Å². The van der Waals surface area contributed by atoms with E-state index in [9.17, 15) is 19.0 Å². The maximum absolute atomic E-state index is 13.6. The molecule has 0 rings (SSSR count). The Hall–Kier alpha value is -2.81. The number of unbranched alkanes of at least 4 members (excludes halogenated alkanes) is 35. The minimum atomic E-state index is -4.71. The first-order valence-corrected chi connectivity index (χ1v) is 36.4. The highest BCUT2D eigenvalue weighted by atomic mass is 31.2. The molecule has 0 aliphatic heterocycles. The van der Waals surface area contributed by atoms with Crippen molar-refractivity contribution in [2.24, 2.45) is 0 Å². The predicted molar refractivity (Wildman–Crippen MR) is 358 cm³/mol. The molecule has 10 heteroatoms. The zero-order chi connectivity index (χ0) is 60.7. The molecule has 0 radical (unpaired) electrons. The van der Waals surface area contributed by atoms with E-state index in [1.807, 2.05) is 33.3 Å². The number of nitrogens with zero attached hydrogens (tertiary/aromatic N) is 1. The van der Waals surface area contributed by atoms with Gasteiger partial charge in [0.15, 0.2) is 0 Å². The van der Waals surface area contributed by atoms with E-state index in [4.69, 9.17) is 13.8 Å². The van der Waals surface area contributed by atoms with Gasteiger partial charge in [-0.25, -0.2) is 0 Å². The van der Waals surface area contributed by atoms with E-state index >= 15 is 0 Å². The summed E-state index contributed by atoms with van der Waals surface area (Å²) in [7, 11) is 1.18. The van der Waals surface area contributed by atoms with Crippen molar-refractivity contribution < 1.29 is 37.3 Å². The predicted octanol–water partition coefficient (Wildman–Crippen LogP) is 21.5. The summed E-state index contributed by atoms with van der Waals surface area (Å²) in [5.74, 6) is -0.548. The first-order valence-electron chi connectivity index (χ1n) is 34.9. The van der Waals surface area contributed by atoms with Gasteiger partial charge in [-0.3, -0.25) is 14.2 Å². The van der Waals surface area contributed by atoms with Crippen LogP contribution in [0.25, 0.3) is 0 Å². The monoisotopic (exact) mass is 1180 g/mol. The van der Waals surface area contributed by atoms with E-state index < -0.39 is 26.6 Å². The van der Waals surface area contributed by atoms with Crippen LogP contribution >= 0.6 is 7.82 Å². The second kappa shape index (κ2) is 62.2. The van der Waals surface area contributed by atoms with E-state index in [2.05, 4.69) is 99.0 Å². The zero-order valence-electron chi connectivity index (χ0n) is 55.1. The number of allylic oxidation sites excluding steroid dienone is 13. The van der Waals surface area contributed by atoms with Crippen LogP contribution in [0.15, 0.2) is 85.1 Å². The van der Waals surface area contributed by atoms with Gasteiger partial charge in [0.2, 0.25) is 5.91 Å². The number of esters is 1. The molecule has 9 nitrogen and oxygen atoms in total. The quantitative estimate of drug-likeness (QED) is 0.0212. The third-order valence-corrected chi connectivity index (χ3v) is 16.3. The molecule has 3 unspecified atom stereocenters. The Morgan fingerprint density at radius 2 is 0.735 bits per heavy atom. The molecular formula is C73H133N2O7P. The summed E-state index contributed by atoms with van der Waals surface area (Å²) in [5, 5.41) is 3.04. The van der Waals surface area contributed by atoms with Gasteiger partial charge in [0.1, 0.15) is 19.3 Å². The first kappa shape index (κ1) is 80.2. The van der Waals surface area contributed by atoms with E-state index in [0.29, 0.717) is 17.4 Å². The Kier molecular flexibility index (Phi) is 60.1. The lowest BCUT2D eigenvalue weighted by molar-refractivity contribution is -0.870. The molecule has 482 valence electrons. The van der Waals surface area contributed by atoms with Gasteiger partial charge < -0.3 is 28.5 Å². The average Bonchev–Trinajstić information content (AvgIpc) is 3.47. The molecule has 83 heavy (non-hydrogen) atoms. The fraction of sp³-hybridized carbons (Fsp3) is 0.781. The van der Waals surface area contributed by atoms with Crippen molar-refractivity contribution in [3.05, 3.63) is 85.1 Å². The number of phosphoric acid groups is 1. The van der Waals surface area contributed by atoms with Gasteiger partial charge in [-0.1, -0.05) is 280 Å². The Morgan fingerprint density at radius 3 is 1.12 bits per heavy atom. The zero-order valence-corrected chi connectivity index (χ0v) is 56.0. The number of quaternary nitrogens is 1. The Balaban J connectivity index is 5.11. The number of phosphoric ester groups is 1. The lowest BCUT2D eigenvalue weighted by Gasteiger charge is -2.30. The molecule has 0 aromatic carbocycles. The second-order valence-corrected chi connectivity index (χ2v) is 26.1. The smallest absolute Gasteiger partial charge is 0.306 e. The van der Waals surface area contributed by atoms with Gasteiger partial charge in [0, 0.05) is 12.8 Å². The summed E-state index contributed by atoms with van der Waals surface area (Å²) >= 11 is 0. The van der Waals surface area contributed by atoms with E-state index in [0.717, 1.165) is 96.3 Å². The van der Waals surface area contributed by atoms with Crippen molar-refractivity contribution in [1.29, 1.82) is 0 Å². The summed E-state index contributed by atoms with van der Waals surface area (Å²) in [6.07, 6.45) is 82.7. The van der Waals surface area contributed by atoms with Crippen molar-refractivity contribution in [2.75, 3.05) is 40.9 Å². The highest BCUT2D eigenvalue weighted by Gasteiger charge is 2.27. The fourth-order valence-electron chi connectivity index (χ4n) is 9.89. The standard InChI is InChI=1S/C73H133N2O7P/c1-7-10-13-16-19-22-25-28-30-32-33-34-35-36-37-38-39-40-41-43-45-48-51-54-57-60-63-66-73(77)82-71(64-61-58-55-52-49-46-27-24-21-18-15-12-9-3)70(69-81-83(78,79)80-68-67-75(4,5)6)74-72(76)65-62-59-56-53-50-47-44-42-31-29-26-23-20-17-14-11-8-2/h19-20,22-23,28-31,33-34,36-37,61,64,70-71H,7-18,21,24-27,32,35,38-60,62-63,65-69H2,1-6H3,(H-,74,76,78,79)/b22-19-,23-20-,30-28-,31-29-,34-33-,37-36-,64-61-. The number of likely N-dealkylation sites (N-methyl/N-ethyl adjacent to an activating group) is 1. The molecular weight excluding hydrogens is 1050 g/mol. The molecule has 0 fully saturated rings. The van der Waals surface area contributed by atoms with Crippen LogP contribution in [0.2, 0.25) is 0 Å². The molecule has 0 aromatic heterocycles. The number of rotatable bonds is 63. The summed E-state index contributed by atoms with van der Waals surface area (Å²) in [5.41, 5.74) is 0. The lowest BCUT2D eigenvalue weighted by Crippen LogP contribution is -2.47. The number of carbonyl (C=O) groups excluding carboxylic acids is 2. The van der Waals surface area contributed by atoms with Gasteiger partial charge >= 0.3 is 5.97 Å². The molecule has 3 atom stereocenters. The molecule has 0 spiro atoms. The number of hydrogen-bond donors (Lipinski definition) is 1. The molecule has 0 aliphatic rings. The van der Waals surface area contributed by atoms with Gasteiger partial charge in [0.05, 0.1) is 33.8 Å². The largest absolute Gasteiger partial charge is 0.756 e. The maximum atomic E-state index is 13.6. The first-order chi connectivity index (χ1) is 40.4. The van der Waals surface area contributed by atoms with Gasteiger partial charge in [-0.05, 0) is 109 Å². The van der Waals surface area contributed by atoms with Crippen molar-refractivity contribution >= 4 is 19.7 Å². The summed E-state index contributed by atoms with van der Waals surface area (Å²) in [6.45, 7) is 6.81. The van der Waals surface area contributed by atoms with Crippen LogP contribution in [0.4, 0.5) is 0 Å². The lowest BCUT2D eigenvalue weighted by atomic mass is 10.0. The summed E-state index contributed by atoms with van der Waals surface area (Å²) in [6, 6.07) is -0.898. The van der Waals surface area contributed by atoms with Gasteiger partial charge in [0.25, 0.3) is 7.82 Å². The highest BCUT2D eigenvalue weighted by molar-refractivity contribution is 7.45. The Bertz CT molecular complexity index is 1700. The van der Waals surface area contributed by atoms with Crippen LogP contribution in [0.3, 0.4) is 0 Å². The third kappa shape index (κ3) is 63.5. The van der Waals surface area contributed by atoms with Crippen LogP contribution in [0.5, 0.6) is 0 Å². The van der Waals surface area contributed by atoms with Crippen LogP contribution < -0.4 is 10.2 Å². The summed E-state index contributed by atoms with van der Waals surface area (Å²) in [4.78, 5) is 40.2. The SMILES string of the molecule is CCCCC/C=C\C/C=C\C/C=C\C/C=C\CCCCCCCCCCCCCC(=O)OC(/C=C\CCCCCCCCCCCCC)C(COP(=O)([O-])OCC[N+](C)(C)C)NC(=O)CCCCCCCCC/C=C\C/C=C\CCCCC. The van der Waals surface area contributed by atoms with E-state index in [1.165, 1.54) is 186 Å². The van der Waals surface area contributed by atoms with Crippen LogP contribution in [0.1, 0.15) is 316 Å². The second-order valence-electron chi connectivity index (χ2n) is 24.7. The van der Waals surface area contributed by atoms with Crippen LogP contribution in [-0.2, 0) is 27.9 Å². The number of hydrogen-bond acceptors (Lipinski definition) is 7. The highest BCUT2D eigenvalue weighted by Crippen LogP contribution is 2.38. The van der Waals surface area contributed by atoms with Crippen molar-refractivity contribution in [1.82, 2.24) is 5.32 Å². The minimum Gasteiger partial charge on any atom is -0.756 e.